The van der Waals surface area contributed by atoms with E-state index < -0.39 is 11.1 Å². The van der Waals surface area contributed by atoms with Gasteiger partial charge in [-0.05, 0) is 36.8 Å². The Hall–Kier alpha value is -4.47. The number of nitrogens with zero attached hydrogens (tertiary/aromatic N) is 5. The van der Waals surface area contributed by atoms with Gasteiger partial charge < -0.3 is 14.2 Å². The summed E-state index contributed by atoms with van der Waals surface area (Å²) in [6.07, 6.45) is 3.00. The maximum Gasteiger partial charge on any atom is 0.318 e. The molecule has 0 aliphatic carbocycles. The van der Waals surface area contributed by atoms with Crippen LogP contribution in [0.4, 0.5) is 0 Å². The fourth-order valence-electron chi connectivity index (χ4n) is 4.37. The van der Waals surface area contributed by atoms with Gasteiger partial charge in [0.15, 0.2) is 11.4 Å². The largest absolute Gasteiger partial charge is 0.459 e. The third-order valence-corrected chi connectivity index (χ3v) is 6.39. The van der Waals surface area contributed by atoms with Gasteiger partial charge >= 0.3 is 11.1 Å². The first-order valence-corrected chi connectivity index (χ1v) is 11.7. The molecule has 10 nitrogen and oxygen atoms in total. The molecule has 4 aromatic rings. The molecule has 1 fully saturated rings. The van der Waals surface area contributed by atoms with Crippen molar-refractivity contribution in [3.8, 4) is 0 Å². The molecule has 3 aromatic heterocycles. The van der Waals surface area contributed by atoms with Gasteiger partial charge in [0.1, 0.15) is 6.54 Å². The number of aryl methyl sites for hydroxylation is 1. The lowest BCUT2D eigenvalue weighted by atomic mass is 10.1. The Morgan fingerprint density at radius 1 is 0.889 bits per heavy atom. The molecule has 10 heteroatoms. The van der Waals surface area contributed by atoms with Crippen molar-refractivity contribution < 1.29 is 14.0 Å². The van der Waals surface area contributed by atoms with Crippen LogP contribution < -0.4 is 11.1 Å². The number of aromatic nitrogens is 3. The molecule has 36 heavy (non-hydrogen) atoms. The number of carbonyl (C=O) groups is 2. The Morgan fingerprint density at radius 2 is 1.58 bits per heavy atom. The third-order valence-electron chi connectivity index (χ3n) is 6.39. The van der Waals surface area contributed by atoms with Crippen molar-refractivity contribution in [2.45, 2.75) is 20.0 Å². The van der Waals surface area contributed by atoms with E-state index >= 15 is 0 Å². The lowest BCUT2D eigenvalue weighted by Crippen LogP contribution is -2.52. The van der Waals surface area contributed by atoms with Crippen LogP contribution in [0.15, 0.2) is 75.0 Å². The number of rotatable bonds is 5. The Kier molecular flexibility index (Phi) is 6.24. The van der Waals surface area contributed by atoms with Gasteiger partial charge in [0.25, 0.3) is 5.91 Å². The highest BCUT2D eigenvalue weighted by Crippen LogP contribution is 2.13. The summed E-state index contributed by atoms with van der Waals surface area (Å²) in [7, 11) is 0. The monoisotopic (exact) mass is 487 g/mol. The molecule has 0 unspecified atom stereocenters. The minimum atomic E-state index is -0.775. The van der Waals surface area contributed by atoms with Crippen LogP contribution in [-0.4, -0.2) is 61.9 Å². The van der Waals surface area contributed by atoms with Crippen molar-refractivity contribution in [3.05, 3.63) is 98.6 Å². The van der Waals surface area contributed by atoms with Crippen molar-refractivity contribution in [1.82, 2.24) is 23.9 Å². The summed E-state index contributed by atoms with van der Waals surface area (Å²) in [5, 5.41) is 0. The topological polar surface area (TPSA) is 111 Å². The van der Waals surface area contributed by atoms with Crippen LogP contribution in [0.1, 0.15) is 21.7 Å². The zero-order valence-corrected chi connectivity index (χ0v) is 19.8. The number of piperazine rings is 1. The summed E-state index contributed by atoms with van der Waals surface area (Å²) >= 11 is 0. The molecule has 0 spiro atoms. The van der Waals surface area contributed by atoms with E-state index in [4.69, 9.17) is 4.42 Å². The van der Waals surface area contributed by atoms with Crippen molar-refractivity contribution >= 4 is 23.0 Å². The number of hydrogen-bond donors (Lipinski definition) is 0. The maximum absolute atomic E-state index is 13.1. The highest BCUT2D eigenvalue weighted by molar-refractivity contribution is 5.91. The van der Waals surface area contributed by atoms with Gasteiger partial charge in [-0.3, -0.25) is 28.3 Å². The Labute approximate surface area is 206 Å². The van der Waals surface area contributed by atoms with Crippen LogP contribution in [0.25, 0.3) is 11.2 Å². The fourth-order valence-corrected chi connectivity index (χ4v) is 4.37. The van der Waals surface area contributed by atoms with E-state index in [0.29, 0.717) is 37.3 Å². The Bertz CT molecular complexity index is 1530. The maximum atomic E-state index is 13.1. The van der Waals surface area contributed by atoms with E-state index in [2.05, 4.69) is 4.98 Å². The summed E-state index contributed by atoms with van der Waals surface area (Å²) in [5.74, 6) is -0.271. The standard InChI is InChI=1S/C26H25N5O5/c1-18-6-8-19(9-7-18)16-31-23-20(4-2-10-27-23)30(25(34)26(31)35)17-22(32)28-11-13-29(14-12-28)24(33)21-5-3-15-36-21/h2-10,15H,11-14,16-17H2,1H3. The highest BCUT2D eigenvalue weighted by Gasteiger charge is 2.27. The molecule has 0 N–H and O–H groups in total. The van der Waals surface area contributed by atoms with E-state index in [-0.39, 0.29) is 30.7 Å². The second kappa shape index (κ2) is 9.65. The molecule has 4 heterocycles. The molecule has 2 amide bonds. The summed E-state index contributed by atoms with van der Waals surface area (Å²) in [6, 6.07) is 14.3. The Morgan fingerprint density at radius 3 is 2.28 bits per heavy atom. The van der Waals surface area contributed by atoms with Gasteiger partial charge in [-0.2, -0.15) is 0 Å². The summed E-state index contributed by atoms with van der Waals surface area (Å²) in [5.41, 5.74) is 1.20. The van der Waals surface area contributed by atoms with Crippen LogP contribution in [-0.2, 0) is 17.9 Å². The van der Waals surface area contributed by atoms with Gasteiger partial charge in [0.2, 0.25) is 5.91 Å². The first-order chi connectivity index (χ1) is 17.4. The number of benzene rings is 1. The second-order valence-corrected chi connectivity index (χ2v) is 8.76. The van der Waals surface area contributed by atoms with E-state index in [9.17, 15) is 19.2 Å². The van der Waals surface area contributed by atoms with Crippen LogP contribution in [0, 0.1) is 6.92 Å². The zero-order valence-electron chi connectivity index (χ0n) is 19.8. The minimum Gasteiger partial charge on any atom is -0.459 e. The number of carbonyl (C=O) groups excluding carboxylic acids is 2. The first kappa shape index (κ1) is 23.3. The fraction of sp³-hybridized carbons (Fsp3) is 0.269. The normalized spacial score (nSPS) is 13.8. The van der Waals surface area contributed by atoms with Gasteiger partial charge in [-0.15, -0.1) is 0 Å². The lowest BCUT2D eigenvalue weighted by molar-refractivity contribution is -0.133. The molecule has 1 aliphatic rings. The van der Waals surface area contributed by atoms with Crippen molar-refractivity contribution in [2.24, 2.45) is 0 Å². The summed E-state index contributed by atoms with van der Waals surface area (Å²) in [4.78, 5) is 59.3. The number of amides is 2. The number of hydrogen-bond acceptors (Lipinski definition) is 6. The molecule has 0 bridgehead atoms. The summed E-state index contributed by atoms with van der Waals surface area (Å²) < 4.78 is 7.72. The van der Waals surface area contributed by atoms with Crippen LogP contribution in [0.3, 0.4) is 0 Å². The van der Waals surface area contributed by atoms with Crippen molar-refractivity contribution in [3.63, 3.8) is 0 Å². The van der Waals surface area contributed by atoms with Crippen LogP contribution >= 0.6 is 0 Å². The molecule has 0 radical (unpaired) electrons. The highest BCUT2D eigenvalue weighted by atomic mass is 16.3. The molecule has 184 valence electrons. The molecular formula is C26H25N5O5. The van der Waals surface area contributed by atoms with Crippen LogP contribution in [0.2, 0.25) is 0 Å². The van der Waals surface area contributed by atoms with Gasteiger partial charge in [-0.1, -0.05) is 29.8 Å². The third kappa shape index (κ3) is 4.45. The van der Waals surface area contributed by atoms with E-state index in [1.54, 1.807) is 40.3 Å². The van der Waals surface area contributed by atoms with Crippen LogP contribution in [0.5, 0.6) is 0 Å². The van der Waals surface area contributed by atoms with Crippen molar-refractivity contribution in [1.29, 1.82) is 0 Å². The first-order valence-electron chi connectivity index (χ1n) is 11.7. The van der Waals surface area contributed by atoms with E-state index in [1.807, 2.05) is 31.2 Å². The molecule has 5 rings (SSSR count). The molecule has 1 aromatic carbocycles. The number of furan rings is 1. The van der Waals surface area contributed by atoms with Gasteiger partial charge in [0.05, 0.1) is 18.3 Å². The quantitative estimate of drug-likeness (QED) is 0.395. The minimum absolute atomic E-state index is 0.197. The average molecular weight is 488 g/mol. The Balaban J connectivity index is 1.37. The molecular weight excluding hydrogens is 462 g/mol. The predicted molar refractivity (Wildman–Crippen MR) is 132 cm³/mol. The van der Waals surface area contributed by atoms with E-state index in [0.717, 1.165) is 11.1 Å². The predicted octanol–water partition coefficient (Wildman–Crippen LogP) is 1.49. The SMILES string of the molecule is Cc1ccc(Cn2c(=O)c(=O)n(CC(=O)N3CCN(C(=O)c4ccco4)CC3)c3cccnc32)cc1. The van der Waals surface area contributed by atoms with Crippen molar-refractivity contribution in [2.75, 3.05) is 26.2 Å². The molecule has 0 saturated carbocycles. The number of fused-ring (bicyclic) bond motifs is 1. The smallest absolute Gasteiger partial charge is 0.318 e. The average Bonchev–Trinajstić information content (AvgIpc) is 3.45. The molecule has 0 atom stereocenters. The zero-order chi connectivity index (χ0) is 25.2. The van der Waals surface area contributed by atoms with Gasteiger partial charge in [-0.25, -0.2) is 4.98 Å². The second-order valence-electron chi connectivity index (χ2n) is 8.76. The lowest BCUT2D eigenvalue weighted by Gasteiger charge is -2.34. The number of pyridine rings is 1. The van der Waals surface area contributed by atoms with Gasteiger partial charge in [0, 0.05) is 32.4 Å². The van der Waals surface area contributed by atoms with E-state index in [1.165, 1.54) is 15.4 Å². The molecule has 1 saturated heterocycles. The summed E-state index contributed by atoms with van der Waals surface area (Å²) in [6.45, 7) is 3.22. The molecule has 1 aliphatic heterocycles.